The third kappa shape index (κ3) is 2.11. The molecule has 1 amide bonds. The molecular weight excluding hydrogens is 264 g/mol. The minimum atomic E-state index is -0.862. The quantitative estimate of drug-likeness (QED) is 0.800. The maximum atomic E-state index is 13.7. The molecule has 5 heteroatoms. The van der Waals surface area contributed by atoms with Crippen molar-refractivity contribution in [1.82, 2.24) is 0 Å². The molecule has 20 heavy (non-hydrogen) atoms. The molecule has 1 heterocycles. The Labute approximate surface area is 114 Å². The molecule has 0 spiro atoms. The van der Waals surface area contributed by atoms with Crippen molar-refractivity contribution in [2.24, 2.45) is 0 Å². The lowest BCUT2D eigenvalue weighted by Crippen LogP contribution is -2.38. The van der Waals surface area contributed by atoms with Crippen LogP contribution in [0, 0.1) is 11.6 Å². The molecule has 1 aliphatic rings. The zero-order valence-corrected chi connectivity index (χ0v) is 10.5. The van der Waals surface area contributed by atoms with E-state index in [0.717, 1.165) is 12.1 Å². The smallest absolute Gasteiger partial charge is 0.261 e. The number of ether oxygens (including phenoxy) is 1. The maximum Gasteiger partial charge on any atom is 0.261 e. The number of hydrogen-bond donors (Lipinski definition) is 0. The van der Waals surface area contributed by atoms with Crippen LogP contribution in [0.2, 0.25) is 0 Å². The molecule has 0 bridgehead atoms. The number of nitrogens with zero attached hydrogens (tertiary/aromatic N) is 1. The molecule has 2 aromatic carbocycles. The number of anilines is 1. The van der Waals surface area contributed by atoms with Crippen molar-refractivity contribution in [3.8, 4) is 5.75 Å². The van der Waals surface area contributed by atoms with Crippen molar-refractivity contribution >= 4 is 11.6 Å². The molecule has 0 saturated heterocycles. The Morgan fingerprint density at radius 3 is 2.75 bits per heavy atom. The molecule has 3 nitrogen and oxygen atoms in total. The lowest BCUT2D eigenvalue weighted by atomic mass is 10.1. The van der Waals surface area contributed by atoms with Gasteiger partial charge in [0.15, 0.2) is 0 Å². The van der Waals surface area contributed by atoms with E-state index in [1.807, 2.05) is 0 Å². The Morgan fingerprint density at radius 2 is 1.95 bits per heavy atom. The number of benzene rings is 2. The fourth-order valence-corrected chi connectivity index (χ4v) is 2.19. The minimum Gasteiger partial charge on any atom is -0.490 e. The third-order valence-corrected chi connectivity index (χ3v) is 3.14. The number of halogens is 2. The monoisotopic (exact) mass is 275 g/mol. The molecule has 0 N–H and O–H groups in total. The van der Waals surface area contributed by atoms with Gasteiger partial charge in [-0.2, -0.15) is 0 Å². The van der Waals surface area contributed by atoms with Gasteiger partial charge in [0.2, 0.25) is 0 Å². The molecule has 0 atom stereocenters. The molecule has 2 aromatic rings. The van der Waals surface area contributed by atoms with Crippen molar-refractivity contribution in [3.05, 3.63) is 59.7 Å². The molecule has 0 fully saturated rings. The van der Waals surface area contributed by atoms with Crippen LogP contribution >= 0.6 is 0 Å². The summed E-state index contributed by atoms with van der Waals surface area (Å²) in [6.07, 6.45) is 0. The topological polar surface area (TPSA) is 29.5 Å². The first kappa shape index (κ1) is 12.6. The van der Waals surface area contributed by atoms with Gasteiger partial charge in [-0.25, -0.2) is 8.78 Å². The number of para-hydroxylation sites is 2. The highest BCUT2D eigenvalue weighted by Crippen LogP contribution is 2.32. The normalized spacial score (nSPS) is 13.6. The number of rotatable bonds is 1. The van der Waals surface area contributed by atoms with Gasteiger partial charge in [0.25, 0.3) is 5.91 Å². The van der Waals surface area contributed by atoms with E-state index < -0.39 is 17.5 Å². The predicted octanol–water partition coefficient (Wildman–Crippen LogP) is 3.00. The summed E-state index contributed by atoms with van der Waals surface area (Å²) in [5.41, 5.74) is 0.440. The van der Waals surface area contributed by atoms with Gasteiger partial charge in [0, 0.05) is 6.07 Å². The van der Waals surface area contributed by atoms with Crippen LogP contribution in [-0.2, 0) is 0 Å². The van der Waals surface area contributed by atoms with Crippen LogP contribution in [0.4, 0.5) is 14.5 Å². The van der Waals surface area contributed by atoms with E-state index in [1.54, 1.807) is 24.3 Å². The molecule has 0 radical (unpaired) electrons. The maximum absolute atomic E-state index is 13.7. The van der Waals surface area contributed by atoms with E-state index in [-0.39, 0.29) is 5.56 Å². The first-order valence-corrected chi connectivity index (χ1v) is 6.15. The highest BCUT2D eigenvalue weighted by molar-refractivity contribution is 6.07. The van der Waals surface area contributed by atoms with Crippen LogP contribution in [0.1, 0.15) is 10.4 Å². The van der Waals surface area contributed by atoms with Gasteiger partial charge in [-0.3, -0.25) is 4.79 Å². The largest absolute Gasteiger partial charge is 0.490 e. The van der Waals surface area contributed by atoms with Crippen molar-refractivity contribution in [3.63, 3.8) is 0 Å². The molecule has 3 rings (SSSR count). The molecule has 1 aliphatic heterocycles. The van der Waals surface area contributed by atoms with Crippen LogP contribution in [0.5, 0.6) is 5.75 Å². The van der Waals surface area contributed by atoms with Crippen LogP contribution in [-0.4, -0.2) is 19.1 Å². The van der Waals surface area contributed by atoms with Gasteiger partial charge >= 0.3 is 0 Å². The highest BCUT2D eigenvalue weighted by atomic mass is 19.1. The van der Waals surface area contributed by atoms with Crippen LogP contribution in [0.15, 0.2) is 42.5 Å². The fraction of sp³-hybridized carbons (Fsp3) is 0.133. The SMILES string of the molecule is O=C(c1ccc(F)cc1F)N1CCOc2ccccc21. The van der Waals surface area contributed by atoms with Crippen molar-refractivity contribution < 1.29 is 18.3 Å². The summed E-state index contributed by atoms with van der Waals surface area (Å²) in [6.45, 7) is 0.665. The second kappa shape index (κ2) is 4.92. The number of fused-ring (bicyclic) bond motifs is 1. The van der Waals surface area contributed by atoms with Gasteiger partial charge in [0.05, 0.1) is 17.8 Å². The lowest BCUT2D eigenvalue weighted by Gasteiger charge is -2.29. The first-order chi connectivity index (χ1) is 9.66. The Bertz CT molecular complexity index is 673. The number of hydrogen-bond acceptors (Lipinski definition) is 2. The van der Waals surface area contributed by atoms with E-state index in [2.05, 4.69) is 0 Å². The van der Waals surface area contributed by atoms with E-state index >= 15 is 0 Å². The van der Waals surface area contributed by atoms with Gasteiger partial charge in [-0.1, -0.05) is 12.1 Å². The Morgan fingerprint density at radius 1 is 1.15 bits per heavy atom. The second-order valence-electron chi connectivity index (χ2n) is 4.40. The molecule has 102 valence electrons. The summed E-state index contributed by atoms with van der Waals surface area (Å²) in [5.74, 6) is -1.49. The second-order valence-corrected chi connectivity index (χ2v) is 4.40. The molecule has 0 unspecified atom stereocenters. The lowest BCUT2D eigenvalue weighted by molar-refractivity contribution is 0.0972. The molecular formula is C15H11F2NO2. The minimum absolute atomic E-state index is 0.150. The summed E-state index contributed by atoms with van der Waals surface area (Å²) in [7, 11) is 0. The highest BCUT2D eigenvalue weighted by Gasteiger charge is 2.26. The van der Waals surface area contributed by atoms with Crippen LogP contribution in [0.3, 0.4) is 0 Å². The summed E-state index contributed by atoms with van der Waals surface area (Å²) in [6, 6.07) is 9.98. The van der Waals surface area contributed by atoms with E-state index in [9.17, 15) is 13.6 Å². The number of carbonyl (C=O) groups is 1. The Hall–Kier alpha value is -2.43. The average Bonchev–Trinajstić information content (AvgIpc) is 2.46. The summed E-state index contributed by atoms with van der Waals surface area (Å²) >= 11 is 0. The molecule has 0 aliphatic carbocycles. The van der Waals surface area contributed by atoms with Crippen molar-refractivity contribution in [2.75, 3.05) is 18.1 Å². The third-order valence-electron chi connectivity index (χ3n) is 3.14. The fourth-order valence-electron chi connectivity index (χ4n) is 2.19. The van der Waals surface area contributed by atoms with Gasteiger partial charge in [-0.15, -0.1) is 0 Å². The predicted molar refractivity (Wildman–Crippen MR) is 70.0 cm³/mol. The van der Waals surface area contributed by atoms with Gasteiger partial charge in [-0.05, 0) is 24.3 Å². The van der Waals surface area contributed by atoms with E-state index in [0.29, 0.717) is 30.7 Å². The van der Waals surface area contributed by atoms with Crippen molar-refractivity contribution in [2.45, 2.75) is 0 Å². The average molecular weight is 275 g/mol. The summed E-state index contributed by atoms with van der Waals surface area (Å²) < 4.78 is 32.1. The van der Waals surface area contributed by atoms with Gasteiger partial charge < -0.3 is 9.64 Å². The van der Waals surface area contributed by atoms with Crippen LogP contribution in [0.25, 0.3) is 0 Å². The summed E-state index contributed by atoms with van der Waals surface area (Å²) in [4.78, 5) is 13.8. The number of amides is 1. The standard InChI is InChI=1S/C15H11F2NO2/c16-10-5-6-11(12(17)9-10)15(19)18-7-8-20-14-4-2-1-3-13(14)18/h1-6,9H,7-8H2. The molecule has 0 saturated carbocycles. The van der Waals surface area contributed by atoms with E-state index in [1.165, 1.54) is 4.90 Å². The Kier molecular flexibility index (Phi) is 3.10. The summed E-state index contributed by atoms with van der Waals surface area (Å²) in [5, 5.41) is 0. The zero-order chi connectivity index (χ0) is 14.1. The van der Waals surface area contributed by atoms with E-state index in [4.69, 9.17) is 4.74 Å². The number of carbonyl (C=O) groups excluding carboxylic acids is 1. The van der Waals surface area contributed by atoms with Crippen molar-refractivity contribution in [1.29, 1.82) is 0 Å². The first-order valence-electron chi connectivity index (χ1n) is 6.15. The zero-order valence-electron chi connectivity index (χ0n) is 10.5. The van der Waals surface area contributed by atoms with Crippen LogP contribution < -0.4 is 9.64 Å². The Balaban J connectivity index is 2.00. The van der Waals surface area contributed by atoms with Gasteiger partial charge in [0.1, 0.15) is 24.0 Å². The molecule has 0 aromatic heterocycles.